The molecule has 2 N–H and O–H groups in total. The molecule has 0 saturated carbocycles. The summed E-state index contributed by atoms with van der Waals surface area (Å²) in [6, 6.07) is 17.4. The molecule has 86 valence electrons. The first-order valence-electron chi connectivity index (χ1n) is 5.27. The van der Waals surface area contributed by atoms with E-state index in [-0.39, 0.29) is 29.6 Å². The summed E-state index contributed by atoms with van der Waals surface area (Å²) in [6.45, 7) is 0. The van der Waals surface area contributed by atoms with E-state index < -0.39 is 11.5 Å². The van der Waals surface area contributed by atoms with E-state index >= 15 is 0 Å². The van der Waals surface area contributed by atoms with Crippen molar-refractivity contribution in [2.75, 3.05) is 0 Å². The maximum atomic E-state index is 11.4. The molecule has 0 aliphatic carbocycles. The third-order valence-electron chi connectivity index (χ3n) is 2.78. The molecule has 0 radical (unpaired) electrons. The van der Waals surface area contributed by atoms with Gasteiger partial charge in [-0.1, -0.05) is 60.7 Å². The number of nitrogens with two attached hydrogens (primary N) is 1. The van der Waals surface area contributed by atoms with Gasteiger partial charge in [-0.3, -0.25) is 0 Å². The van der Waals surface area contributed by atoms with Gasteiger partial charge in [-0.05, 0) is 11.1 Å². The Labute approximate surface area is 128 Å². The van der Waals surface area contributed by atoms with E-state index in [0.29, 0.717) is 11.1 Å². The van der Waals surface area contributed by atoms with Crippen molar-refractivity contribution in [3.8, 4) is 0 Å². The molecular formula is C14H12NNaO2. The van der Waals surface area contributed by atoms with Crippen LogP contribution in [0.1, 0.15) is 11.1 Å². The first-order valence-corrected chi connectivity index (χ1v) is 5.27. The molecule has 0 heterocycles. The van der Waals surface area contributed by atoms with Gasteiger partial charge in [-0.15, -0.1) is 0 Å². The maximum absolute atomic E-state index is 11.4. The Balaban J connectivity index is 0.00000162. The van der Waals surface area contributed by atoms with Gasteiger partial charge in [0, 0.05) is 0 Å². The third kappa shape index (κ3) is 2.65. The first kappa shape index (κ1) is 14.9. The van der Waals surface area contributed by atoms with Crippen molar-refractivity contribution in [2.45, 2.75) is 5.54 Å². The minimum Gasteiger partial charge on any atom is -0.547 e. The smallest absolute Gasteiger partial charge is 0.547 e. The zero-order chi connectivity index (χ0) is 12.3. The van der Waals surface area contributed by atoms with E-state index in [2.05, 4.69) is 0 Å². The van der Waals surface area contributed by atoms with E-state index in [1.165, 1.54) is 0 Å². The van der Waals surface area contributed by atoms with E-state index in [1.54, 1.807) is 48.5 Å². The monoisotopic (exact) mass is 249 g/mol. The van der Waals surface area contributed by atoms with Gasteiger partial charge >= 0.3 is 29.6 Å². The number of rotatable bonds is 3. The molecule has 0 aromatic heterocycles. The van der Waals surface area contributed by atoms with Gasteiger partial charge in [-0.2, -0.15) is 0 Å². The summed E-state index contributed by atoms with van der Waals surface area (Å²) < 4.78 is 0. The summed E-state index contributed by atoms with van der Waals surface area (Å²) in [4.78, 5) is 11.4. The Morgan fingerprint density at radius 3 is 1.50 bits per heavy atom. The van der Waals surface area contributed by atoms with Crippen molar-refractivity contribution in [1.82, 2.24) is 0 Å². The standard InChI is InChI=1S/C14H13NO2.Na/c15-14(13(16)17,11-7-3-1-4-8-11)12-9-5-2-6-10-12;/h1-10H,15H2,(H,16,17);/q;+1/p-1. The molecule has 4 heteroatoms. The van der Waals surface area contributed by atoms with Gasteiger partial charge < -0.3 is 15.6 Å². The van der Waals surface area contributed by atoms with Crippen LogP contribution < -0.4 is 40.4 Å². The van der Waals surface area contributed by atoms with Crippen molar-refractivity contribution in [3.05, 3.63) is 71.8 Å². The maximum Gasteiger partial charge on any atom is 1.00 e. The van der Waals surface area contributed by atoms with E-state index in [0.717, 1.165) is 0 Å². The third-order valence-corrected chi connectivity index (χ3v) is 2.78. The summed E-state index contributed by atoms with van der Waals surface area (Å²) in [5.74, 6) is -1.31. The second-order valence-electron chi connectivity index (χ2n) is 3.83. The van der Waals surface area contributed by atoms with Crippen LogP contribution in [0.3, 0.4) is 0 Å². The molecule has 2 aromatic rings. The molecule has 2 aromatic carbocycles. The molecular weight excluding hydrogens is 237 g/mol. The molecule has 0 unspecified atom stereocenters. The topological polar surface area (TPSA) is 66.2 Å². The van der Waals surface area contributed by atoms with Gasteiger partial charge in [0.15, 0.2) is 0 Å². The second kappa shape index (κ2) is 6.16. The number of carboxylic acid groups (broad SMARTS) is 1. The molecule has 2 rings (SSSR count). The Bertz CT molecular complexity index is 474. The summed E-state index contributed by atoms with van der Waals surface area (Å²) in [7, 11) is 0. The summed E-state index contributed by atoms with van der Waals surface area (Å²) in [6.07, 6.45) is 0. The average Bonchev–Trinajstić information content (AvgIpc) is 2.39. The first-order chi connectivity index (χ1) is 8.15. The van der Waals surface area contributed by atoms with Crippen molar-refractivity contribution in [2.24, 2.45) is 5.73 Å². The van der Waals surface area contributed by atoms with Crippen LogP contribution in [0.4, 0.5) is 0 Å². The average molecular weight is 249 g/mol. The van der Waals surface area contributed by atoms with Crippen LogP contribution in [0.15, 0.2) is 60.7 Å². The number of carboxylic acids is 1. The fraction of sp³-hybridized carbons (Fsp3) is 0.0714. The molecule has 0 amide bonds. The summed E-state index contributed by atoms with van der Waals surface area (Å²) >= 11 is 0. The van der Waals surface area contributed by atoms with Crippen molar-refractivity contribution in [3.63, 3.8) is 0 Å². The van der Waals surface area contributed by atoms with Gasteiger partial charge in [0.1, 0.15) is 5.54 Å². The summed E-state index contributed by atoms with van der Waals surface area (Å²) in [5, 5.41) is 11.4. The molecule has 0 bridgehead atoms. The quantitative estimate of drug-likeness (QED) is 0.619. The van der Waals surface area contributed by atoms with Crippen LogP contribution in [0.25, 0.3) is 0 Å². The minimum atomic E-state index is -1.61. The summed E-state index contributed by atoms with van der Waals surface area (Å²) in [5.41, 5.74) is 5.42. The normalized spacial score (nSPS) is 10.5. The van der Waals surface area contributed by atoms with Crippen LogP contribution in [0.2, 0.25) is 0 Å². The van der Waals surface area contributed by atoms with Crippen molar-refractivity contribution >= 4 is 5.97 Å². The van der Waals surface area contributed by atoms with Crippen LogP contribution in [0, 0.1) is 0 Å². The van der Waals surface area contributed by atoms with E-state index in [4.69, 9.17) is 5.73 Å². The van der Waals surface area contributed by atoms with Crippen LogP contribution in [0.5, 0.6) is 0 Å². The van der Waals surface area contributed by atoms with Crippen LogP contribution in [-0.2, 0) is 10.3 Å². The molecule has 0 saturated heterocycles. The molecule has 0 aliphatic heterocycles. The Hall–Kier alpha value is -1.13. The zero-order valence-corrected chi connectivity index (χ0v) is 12.2. The molecule has 0 spiro atoms. The number of benzene rings is 2. The molecule has 18 heavy (non-hydrogen) atoms. The van der Waals surface area contributed by atoms with Crippen LogP contribution >= 0.6 is 0 Å². The molecule has 0 fully saturated rings. The number of aliphatic carboxylic acids is 1. The van der Waals surface area contributed by atoms with Gasteiger partial charge in [0.25, 0.3) is 0 Å². The second-order valence-corrected chi connectivity index (χ2v) is 3.83. The minimum absolute atomic E-state index is 0. The molecule has 0 atom stereocenters. The Kier molecular flexibility index (Phi) is 5.11. The number of hydrogen-bond acceptors (Lipinski definition) is 3. The number of carbonyl (C=O) groups excluding carboxylic acids is 1. The van der Waals surface area contributed by atoms with Crippen molar-refractivity contribution < 1.29 is 39.5 Å². The number of carbonyl (C=O) groups is 1. The SMILES string of the molecule is NC(C(=O)[O-])(c1ccccc1)c1ccccc1.[Na+]. The van der Waals surface area contributed by atoms with E-state index in [1.807, 2.05) is 12.1 Å². The fourth-order valence-electron chi connectivity index (χ4n) is 1.80. The number of hydrogen-bond donors (Lipinski definition) is 1. The van der Waals surface area contributed by atoms with Gasteiger partial charge in [0.05, 0.1) is 5.97 Å². The van der Waals surface area contributed by atoms with Crippen LogP contribution in [-0.4, -0.2) is 5.97 Å². The predicted octanol–water partition coefficient (Wildman–Crippen LogP) is -2.36. The van der Waals surface area contributed by atoms with Crippen molar-refractivity contribution in [1.29, 1.82) is 0 Å². The largest absolute Gasteiger partial charge is 1.00 e. The zero-order valence-electron chi connectivity index (χ0n) is 10.2. The van der Waals surface area contributed by atoms with E-state index in [9.17, 15) is 9.90 Å². The fourth-order valence-corrected chi connectivity index (χ4v) is 1.80. The Morgan fingerprint density at radius 2 is 1.22 bits per heavy atom. The molecule has 3 nitrogen and oxygen atoms in total. The predicted molar refractivity (Wildman–Crippen MR) is 62.9 cm³/mol. The Morgan fingerprint density at radius 1 is 0.889 bits per heavy atom. The molecule has 0 aliphatic rings. The van der Waals surface area contributed by atoms with Gasteiger partial charge in [-0.25, -0.2) is 0 Å². The van der Waals surface area contributed by atoms with Gasteiger partial charge in [0.2, 0.25) is 0 Å².